The number of carbonyl (C=O) groups excluding carboxylic acids is 1. The fraction of sp³-hybridized carbons (Fsp3) is 0.238. The lowest BCUT2D eigenvalue weighted by Crippen LogP contribution is -2.15. The highest BCUT2D eigenvalue weighted by Gasteiger charge is 2.20. The average Bonchev–Trinajstić information content (AvgIpc) is 2.66. The predicted octanol–water partition coefficient (Wildman–Crippen LogP) is 3.75. The second-order valence-electron chi connectivity index (χ2n) is 6.15. The Kier molecular flexibility index (Phi) is 5.16. The van der Waals surface area contributed by atoms with E-state index in [-0.39, 0.29) is 29.3 Å². The SMILES string of the molecule is COc1ccc(-c2oc3cc(C)ccc3c(=O)c2OCC(C)=O)cc1OC. The minimum Gasteiger partial charge on any atom is -0.493 e. The Hall–Kier alpha value is -3.28. The van der Waals surface area contributed by atoms with Gasteiger partial charge in [-0.15, -0.1) is 0 Å². The number of ketones is 1. The first-order valence-corrected chi connectivity index (χ1v) is 8.36. The summed E-state index contributed by atoms with van der Waals surface area (Å²) in [6.45, 7) is 3.08. The molecule has 2 aromatic carbocycles. The van der Waals surface area contributed by atoms with Crippen LogP contribution in [0.1, 0.15) is 12.5 Å². The molecule has 0 aliphatic heterocycles. The van der Waals surface area contributed by atoms with E-state index in [0.717, 1.165) is 5.56 Å². The average molecular weight is 368 g/mol. The molecule has 0 N–H and O–H groups in total. The van der Waals surface area contributed by atoms with Crippen LogP contribution >= 0.6 is 0 Å². The lowest BCUT2D eigenvalue weighted by Gasteiger charge is -2.13. The molecule has 0 saturated heterocycles. The smallest absolute Gasteiger partial charge is 0.235 e. The van der Waals surface area contributed by atoms with E-state index in [9.17, 15) is 9.59 Å². The van der Waals surface area contributed by atoms with Crippen molar-refractivity contribution in [3.63, 3.8) is 0 Å². The summed E-state index contributed by atoms with van der Waals surface area (Å²) >= 11 is 0. The molecule has 0 atom stereocenters. The Morgan fingerprint density at radius 1 is 1.04 bits per heavy atom. The van der Waals surface area contributed by atoms with Gasteiger partial charge >= 0.3 is 0 Å². The quantitative estimate of drug-likeness (QED) is 0.660. The first-order valence-electron chi connectivity index (χ1n) is 8.36. The van der Waals surface area contributed by atoms with E-state index >= 15 is 0 Å². The third-order valence-corrected chi connectivity index (χ3v) is 4.07. The minimum atomic E-state index is -0.331. The molecule has 1 aromatic heterocycles. The zero-order valence-electron chi connectivity index (χ0n) is 15.6. The van der Waals surface area contributed by atoms with Gasteiger partial charge in [0.1, 0.15) is 12.2 Å². The topological polar surface area (TPSA) is 75.0 Å². The van der Waals surface area contributed by atoms with Gasteiger partial charge in [-0.05, 0) is 49.7 Å². The van der Waals surface area contributed by atoms with Crippen molar-refractivity contribution in [2.24, 2.45) is 0 Å². The number of Topliss-reactive ketones (excluding diaryl/α,β-unsaturated/α-hetero) is 1. The molecule has 27 heavy (non-hydrogen) atoms. The highest BCUT2D eigenvalue weighted by molar-refractivity contribution is 5.83. The van der Waals surface area contributed by atoms with Crippen molar-refractivity contribution >= 4 is 16.8 Å². The minimum absolute atomic E-state index is 0.00577. The normalized spacial score (nSPS) is 10.7. The van der Waals surface area contributed by atoms with Gasteiger partial charge in [-0.25, -0.2) is 0 Å². The molecule has 1 heterocycles. The van der Waals surface area contributed by atoms with Crippen molar-refractivity contribution in [2.45, 2.75) is 13.8 Å². The van der Waals surface area contributed by atoms with Crippen LogP contribution in [0.25, 0.3) is 22.3 Å². The van der Waals surface area contributed by atoms with Crippen molar-refractivity contribution in [3.8, 4) is 28.6 Å². The first-order chi connectivity index (χ1) is 12.9. The number of hydrogen-bond acceptors (Lipinski definition) is 6. The number of carbonyl (C=O) groups is 1. The van der Waals surface area contributed by atoms with Crippen molar-refractivity contribution in [3.05, 3.63) is 52.2 Å². The Labute approximate surface area is 156 Å². The molecular formula is C21H20O6. The zero-order valence-corrected chi connectivity index (χ0v) is 15.6. The molecule has 0 amide bonds. The number of rotatable bonds is 6. The molecule has 0 bridgehead atoms. The van der Waals surface area contributed by atoms with E-state index < -0.39 is 0 Å². The zero-order chi connectivity index (χ0) is 19.6. The number of hydrogen-bond donors (Lipinski definition) is 0. The summed E-state index contributed by atoms with van der Waals surface area (Å²) < 4.78 is 22.1. The number of aryl methyl sites for hydroxylation is 1. The molecule has 140 valence electrons. The summed E-state index contributed by atoms with van der Waals surface area (Å²) in [7, 11) is 3.06. The predicted molar refractivity (Wildman–Crippen MR) is 102 cm³/mol. The van der Waals surface area contributed by atoms with Gasteiger partial charge in [-0.3, -0.25) is 9.59 Å². The molecular weight excluding hydrogens is 348 g/mol. The van der Waals surface area contributed by atoms with Crippen LogP contribution in [0.4, 0.5) is 0 Å². The van der Waals surface area contributed by atoms with Crippen LogP contribution in [-0.2, 0) is 4.79 Å². The van der Waals surface area contributed by atoms with E-state index in [1.165, 1.54) is 21.1 Å². The van der Waals surface area contributed by atoms with Crippen molar-refractivity contribution in [2.75, 3.05) is 20.8 Å². The van der Waals surface area contributed by atoms with Gasteiger partial charge in [0, 0.05) is 5.56 Å². The van der Waals surface area contributed by atoms with Gasteiger partial charge in [-0.2, -0.15) is 0 Å². The Morgan fingerprint density at radius 2 is 1.78 bits per heavy atom. The third-order valence-electron chi connectivity index (χ3n) is 4.07. The maximum atomic E-state index is 13.0. The summed E-state index contributed by atoms with van der Waals surface area (Å²) in [6, 6.07) is 10.4. The van der Waals surface area contributed by atoms with Gasteiger partial charge in [0.05, 0.1) is 19.6 Å². The van der Waals surface area contributed by atoms with Gasteiger partial charge in [0.25, 0.3) is 0 Å². The molecule has 0 saturated carbocycles. The van der Waals surface area contributed by atoms with Crippen LogP contribution in [0.5, 0.6) is 17.2 Å². The highest BCUT2D eigenvalue weighted by Crippen LogP contribution is 2.36. The van der Waals surface area contributed by atoms with Gasteiger partial charge in [-0.1, -0.05) is 6.07 Å². The van der Waals surface area contributed by atoms with Gasteiger partial charge < -0.3 is 18.6 Å². The number of fused-ring (bicyclic) bond motifs is 1. The van der Waals surface area contributed by atoms with Crippen LogP contribution in [-0.4, -0.2) is 26.6 Å². The molecule has 0 aliphatic rings. The molecule has 0 radical (unpaired) electrons. The molecule has 3 aromatic rings. The highest BCUT2D eigenvalue weighted by atomic mass is 16.5. The lowest BCUT2D eigenvalue weighted by atomic mass is 10.1. The van der Waals surface area contributed by atoms with Crippen LogP contribution in [0.15, 0.2) is 45.6 Å². The van der Waals surface area contributed by atoms with Crippen LogP contribution in [0, 0.1) is 6.92 Å². The van der Waals surface area contributed by atoms with E-state index in [0.29, 0.717) is 28.0 Å². The maximum absolute atomic E-state index is 13.0. The Balaban J connectivity index is 2.27. The molecule has 3 rings (SSSR count). The van der Waals surface area contributed by atoms with Crippen molar-refractivity contribution in [1.29, 1.82) is 0 Å². The molecule has 0 aliphatic carbocycles. The molecule has 0 fully saturated rings. The number of ether oxygens (including phenoxy) is 3. The molecule has 6 nitrogen and oxygen atoms in total. The summed E-state index contributed by atoms with van der Waals surface area (Å²) in [6.07, 6.45) is 0. The summed E-state index contributed by atoms with van der Waals surface area (Å²) in [5, 5.41) is 0.392. The first kappa shape index (κ1) is 18.5. The maximum Gasteiger partial charge on any atom is 0.235 e. The lowest BCUT2D eigenvalue weighted by molar-refractivity contribution is -0.118. The largest absolute Gasteiger partial charge is 0.493 e. The fourth-order valence-electron chi connectivity index (χ4n) is 2.76. The Morgan fingerprint density at radius 3 is 2.44 bits per heavy atom. The van der Waals surface area contributed by atoms with Gasteiger partial charge in [0.15, 0.2) is 23.0 Å². The third kappa shape index (κ3) is 3.65. The number of benzene rings is 2. The van der Waals surface area contributed by atoms with Crippen LogP contribution in [0.2, 0.25) is 0 Å². The molecule has 0 spiro atoms. The summed E-state index contributed by atoms with van der Waals surface area (Å²) in [5.41, 5.74) is 1.65. The molecule has 6 heteroatoms. The van der Waals surface area contributed by atoms with Crippen molar-refractivity contribution < 1.29 is 23.4 Å². The van der Waals surface area contributed by atoms with E-state index in [1.54, 1.807) is 30.3 Å². The summed E-state index contributed by atoms with van der Waals surface area (Å²) in [5.74, 6) is 1.07. The van der Waals surface area contributed by atoms with Gasteiger partial charge in [0.2, 0.25) is 11.2 Å². The number of methoxy groups -OCH3 is 2. The fourth-order valence-corrected chi connectivity index (χ4v) is 2.76. The molecule has 0 unspecified atom stereocenters. The van der Waals surface area contributed by atoms with E-state index in [4.69, 9.17) is 18.6 Å². The standard InChI is InChI=1S/C21H20O6/c1-12-5-7-15-17(9-12)27-20(21(19(15)23)26-11-13(2)22)14-6-8-16(24-3)18(10-14)25-4/h5-10H,11H2,1-4H3. The second-order valence-corrected chi connectivity index (χ2v) is 6.15. The van der Waals surface area contributed by atoms with E-state index in [1.807, 2.05) is 13.0 Å². The van der Waals surface area contributed by atoms with Crippen molar-refractivity contribution in [1.82, 2.24) is 0 Å². The second kappa shape index (κ2) is 7.53. The monoisotopic (exact) mass is 368 g/mol. The van der Waals surface area contributed by atoms with Crippen LogP contribution < -0.4 is 19.6 Å². The summed E-state index contributed by atoms with van der Waals surface area (Å²) in [4.78, 5) is 24.3. The van der Waals surface area contributed by atoms with Crippen LogP contribution in [0.3, 0.4) is 0 Å². The van der Waals surface area contributed by atoms with E-state index in [2.05, 4.69) is 0 Å². The Bertz CT molecular complexity index is 1060.